The topological polar surface area (TPSA) is 0 Å². The number of hydrogen-bond donors (Lipinski definition) is 0. The molecule has 0 aliphatic heterocycles. The normalized spacial score (nSPS) is 12.7. The van der Waals surface area contributed by atoms with E-state index in [9.17, 15) is 0 Å². The predicted molar refractivity (Wildman–Crippen MR) is 214 cm³/mol. The first kappa shape index (κ1) is 34.5. The van der Waals surface area contributed by atoms with Crippen molar-refractivity contribution in [3.05, 3.63) is 218 Å². The summed E-state index contributed by atoms with van der Waals surface area (Å²) in [6.07, 6.45) is 0. The zero-order valence-electron chi connectivity index (χ0n) is 26.4. The van der Waals surface area contributed by atoms with Crippen LogP contribution in [0, 0.1) is 0 Å². The SMILES string of the molecule is [Cl][Ru][Cl].c1ccc(C([PH](c2ccccc2)(c2ccccc2)c2ccccc2)[PH](c2ccccc2)(c2ccccc2)c2ccccc2)cc1. The monoisotopic (exact) mass is 788 g/mol. The molecule has 0 aliphatic carbocycles. The van der Waals surface area contributed by atoms with Crippen LogP contribution < -0.4 is 31.8 Å². The van der Waals surface area contributed by atoms with Crippen molar-refractivity contribution >= 4 is 65.7 Å². The molecule has 0 nitrogen and oxygen atoms in total. The molecule has 0 heterocycles. The fourth-order valence-electron chi connectivity index (χ4n) is 7.68. The molecule has 0 N–H and O–H groups in total. The molecule has 0 aromatic heterocycles. The second kappa shape index (κ2) is 16.8. The average Bonchev–Trinajstić information content (AvgIpc) is 3.18. The maximum absolute atomic E-state index is 4.85. The maximum atomic E-state index is 4.85. The molecule has 48 heavy (non-hydrogen) atoms. The van der Waals surface area contributed by atoms with E-state index in [0.29, 0.717) is 0 Å². The summed E-state index contributed by atoms with van der Waals surface area (Å²) >= 11 is -0.346. The summed E-state index contributed by atoms with van der Waals surface area (Å²) in [4.78, 5) is 0. The molecule has 0 spiro atoms. The van der Waals surface area contributed by atoms with Gasteiger partial charge in [-0.15, -0.1) is 0 Å². The van der Waals surface area contributed by atoms with Crippen LogP contribution in [0.5, 0.6) is 0 Å². The molecule has 0 unspecified atom stereocenters. The van der Waals surface area contributed by atoms with Crippen LogP contribution in [0.1, 0.15) is 11.0 Å². The molecule has 0 radical (unpaired) electrons. The van der Waals surface area contributed by atoms with Gasteiger partial charge in [0.25, 0.3) is 0 Å². The molecular weight excluding hydrogens is 750 g/mol. The minimum absolute atomic E-state index is 0.158. The summed E-state index contributed by atoms with van der Waals surface area (Å²) in [5.41, 5.74) is 1.39. The Morgan fingerprint density at radius 3 is 0.646 bits per heavy atom. The van der Waals surface area contributed by atoms with E-state index in [2.05, 4.69) is 212 Å². The molecule has 0 amide bonds. The van der Waals surface area contributed by atoms with Gasteiger partial charge in [-0.1, -0.05) is 0 Å². The minimum atomic E-state index is -2.92. The van der Waals surface area contributed by atoms with Gasteiger partial charge in [0.2, 0.25) is 0 Å². The average molecular weight is 789 g/mol. The molecule has 7 aromatic rings. The van der Waals surface area contributed by atoms with E-state index >= 15 is 0 Å². The van der Waals surface area contributed by atoms with Gasteiger partial charge in [-0.2, -0.15) is 0 Å². The van der Waals surface area contributed by atoms with Crippen molar-refractivity contribution in [1.82, 2.24) is 0 Å². The second-order valence-electron chi connectivity index (χ2n) is 11.7. The number of hydrogen-bond acceptors (Lipinski definition) is 0. The van der Waals surface area contributed by atoms with Crippen LogP contribution in [0.3, 0.4) is 0 Å². The number of halogens is 2. The van der Waals surface area contributed by atoms with Crippen LogP contribution in [0.2, 0.25) is 0 Å². The predicted octanol–water partition coefficient (Wildman–Crippen LogP) is 9.51. The molecule has 0 atom stereocenters. The van der Waals surface area contributed by atoms with Crippen molar-refractivity contribution in [1.29, 1.82) is 0 Å². The first-order valence-corrected chi connectivity index (χ1v) is 24.6. The van der Waals surface area contributed by atoms with E-state index in [1.807, 2.05) is 0 Å². The molecule has 0 bridgehead atoms. The summed E-state index contributed by atoms with van der Waals surface area (Å²) < 4.78 is 0. The van der Waals surface area contributed by atoms with Gasteiger partial charge < -0.3 is 0 Å². The van der Waals surface area contributed by atoms with Gasteiger partial charge in [0.05, 0.1) is 0 Å². The molecule has 0 fully saturated rings. The molecule has 242 valence electrons. The molecule has 7 aromatic carbocycles. The second-order valence-corrected chi connectivity index (χ2v) is 22.8. The van der Waals surface area contributed by atoms with Crippen molar-refractivity contribution in [2.45, 2.75) is 5.40 Å². The molecular formula is C43H38Cl2P2Ru. The van der Waals surface area contributed by atoms with E-state index in [4.69, 9.17) is 19.4 Å². The summed E-state index contributed by atoms with van der Waals surface area (Å²) in [6.45, 7) is 0. The van der Waals surface area contributed by atoms with Gasteiger partial charge in [-0.05, 0) is 0 Å². The van der Waals surface area contributed by atoms with Crippen molar-refractivity contribution in [3.8, 4) is 0 Å². The van der Waals surface area contributed by atoms with E-state index < -0.39 is 14.5 Å². The first-order valence-electron chi connectivity index (χ1n) is 16.0. The fourth-order valence-corrected chi connectivity index (χ4v) is 23.0. The quantitative estimate of drug-likeness (QED) is 0.101. The van der Waals surface area contributed by atoms with Crippen molar-refractivity contribution in [2.24, 2.45) is 0 Å². The van der Waals surface area contributed by atoms with E-state index in [0.717, 1.165) is 0 Å². The molecule has 0 saturated carbocycles. The van der Waals surface area contributed by atoms with Gasteiger partial charge in [-0.3, -0.25) is 0 Å². The van der Waals surface area contributed by atoms with Gasteiger partial charge >= 0.3 is 304 Å². The third kappa shape index (κ3) is 6.74. The van der Waals surface area contributed by atoms with Gasteiger partial charge in [-0.25, -0.2) is 0 Å². The van der Waals surface area contributed by atoms with Gasteiger partial charge in [0.15, 0.2) is 0 Å². The van der Waals surface area contributed by atoms with Gasteiger partial charge in [0.1, 0.15) is 0 Å². The van der Waals surface area contributed by atoms with Crippen LogP contribution in [0.25, 0.3) is 0 Å². The Morgan fingerprint density at radius 1 is 0.292 bits per heavy atom. The summed E-state index contributed by atoms with van der Waals surface area (Å²) in [7, 11) is 3.88. The van der Waals surface area contributed by atoms with Crippen LogP contribution >= 0.6 is 33.9 Å². The van der Waals surface area contributed by atoms with E-state index in [-0.39, 0.29) is 20.5 Å². The Kier molecular flexibility index (Phi) is 12.1. The van der Waals surface area contributed by atoms with Crippen LogP contribution in [0.15, 0.2) is 212 Å². The number of rotatable bonds is 9. The standard InChI is InChI=1S/C43H38P2.2ClH.Ru/c1-8-22-36(23-9-1)43(44(37-24-10-2-11-25-37,38-26-12-3-13-27-38)39-28-14-4-15-29-39)45(40-30-16-5-17-31-40,41-32-18-6-19-33-41)42-34-20-7-21-35-42;;;/h1-35,43-45H;2*1H;/q;;;+2/p-2. The number of benzene rings is 7. The van der Waals surface area contributed by atoms with E-state index in [1.54, 1.807) is 0 Å². The van der Waals surface area contributed by atoms with Crippen molar-refractivity contribution in [2.75, 3.05) is 0 Å². The Balaban J connectivity index is 0.00000129. The summed E-state index contributed by atoms with van der Waals surface area (Å²) in [5, 5.41) is 8.72. The molecule has 5 heteroatoms. The summed E-state index contributed by atoms with van der Waals surface area (Å²) in [6, 6.07) is 80.1. The Labute approximate surface area is 302 Å². The Bertz CT molecular complexity index is 1630. The van der Waals surface area contributed by atoms with Crippen molar-refractivity contribution in [3.63, 3.8) is 0 Å². The summed E-state index contributed by atoms with van der Waals surface area (Å²) in [5.74, 6) is 0. The van der Waals surface area contributed by atoms with Crippen LogP contribution in [-0.4, -0.2) is 0 Å². The molecule has 0 saturated heterocycles. The first-order chi connectivity index (χ1) is 23.8. The van der Waals surface area contributed by atoms with E-state index in [1.165, 1.54) is 37.4 Å². The van der Waals surface area contributed by atoms with Crippen LogP contribution in [-0.2, 0) is 15.1 Å². The fraction of sp³-hybridized carbons (Fsp3) is 0.0233. The third-order valence-corrected chi connectivity index (χ3v) is 21.8. The third-order valence-electron chi connectivity index (χ3n) is 9.37. The molecule has 7 rings (SSSR count). The van der Waals surface area contributed by atoms with Crippen LogP contribution in [0.4, 0.5) is 0 Å². The molecule has 0 aliphatic rings. The van der Waals surface area contributed by atoms with Crippen molar-refractivity contribution < 1.29 is 15.1 Å². The Hall–Kier alpha value is -3.40. The zero-order valence-corrected chi connectivity index (χ0v) is 31.6. The zero-order chi connectivity index (χ0) is 33.1. The Morgan fingerprint density at radius 2 is 0.458 bits per heavy atom. The van der Waals surface area contributed by atoms with Gasteiger partial charge in [0, 0.05) is 0 Å².